The van der Waals surface area contributed by atoms with E-state index in [9.17, 15) is 27.7 Å². The van der Waals surface area contributed by atoms with Crippen molar-refractivity contribution < 1.29 is 27.2 Å². The maximum atomic E-state index is 13.7. The summed E-state index contributed by atoms with van der Waals surface area (Å²) in [6.45, 7) is 0. The highest BCUT2D eigenvalue weighted by Gasteiger charge is 2.36. The molecule has 23 heavy (non-hydrogen) atoms. The lowest BCUT2D eigenvalue weighted by molar-refractivity contribution is -0.384. The van der Waals surface area contributed by atoms with E-state index < -0.39 is 50.5 Å². The minimum absolute atomic E-state index is 0.410. The lowest BCUT2D eigenvalue weighted by Gasteiger charge is -2.13. The number of aromatic nitrogens is 1. The molecule has 122 valence electrons. The normalized spacial score (nSPS) is 11.3. The number of nitrogens with zero attached hydrogens (tertiary/aromatic N) is 2. The number of nitro groups is 1. The third kappa shape index (κ3) is 3.26. The van der Waals surface area contributed by atoms with Crippen LogP contribution >= 0.6 is 11.6 Å². The highest BCUT2D eigenvalue weighted by Crippen LogP contribution is 2.41. The van der Waals surface area contributed by atoms with Gasteiger partial charge in [-0.3, -0.25) is 10.1 Å². The van der Waals surface area contributed by atoms with E-state index in [0.717, 1.165) is 18.3 Å². The Morgan fingerprint density at radius 2 is 1.91 bits per heavy atom. The molecule has 0 unspecified atom stereocenters. The van der Waals surface area contributed by atoms with E-state index in [0.29, 0.717) is 6.07 Å². The van der Waals surface area contributed by atoms with Gasteiger partial charge in [0.2, 0.25) is 11.6 Å². The third-order valence-corrected chi connectivity index (χ3v) is 3.02. The molecule has 0 saturated carbocycles. The van der Waals surface area contributed by atoms with Gasteiger partial charge in [-0.05, 0) is 12.1 Å². The van der Waals surface area contributed by atoms with Crippen LogP contribution in [0.15, 0.2) is 24.4 Å². The molecule has 0 saturated heterocycles. The molecule has 0 fully saturated rings. The van der Waals surface area contributed by atoms with Crippen LogP contribution in [0.5, 0.6) is 11.5 Å². The first-order valence-electron chi connectivity index (χ1n) is 5.75. The Balaban J connectivity index is 2.49. The van der Waals surface area contributed by atoms with Gasteiger partial charge in [-0.2, -0.15) is 13.2 Å². The number of pyridine rings is 1. The van der Waals surface area contributed by atoms with Gasteiger partial charge in [0.15, 0.2) is 5.82 Å². The number of benzene rings is 1. The number of rotatable bonds is 3. The molecule has 0 radical (unpaired) electrons. The van der Waals surface area contributed by atoms with Gasteiger partial charge in [0.1, 0.15) is 10.8 Å². The number of hydrogen-bond acceptors (Lipinski definition) is 5. The minimum atomic E-state index is -4.95. The molecule has 1 heterocycles. The van der Waals surface area contributed by atoms with E-state index in [2.05, 4.69) is 4.98 Å². The van der Waals surface area contributed by atoms with Crippen LogP contribution in [0, 0.1) is 15.9 Å². The molecule has 11 heteroatoms. The van der Waals surface area contributed by atoms with E-state index in [1.165, 1.54) is 0 Å². The molecule has 0 atom stereocenters. The molecule has 6 nitrogen and oxygen atoms in total. The van der Waals surface area contributed by atoms with Crippen molar-refractivity contribution >= 4 is 23.1 Å². The molecule has 1 aromatic heterocycles. The average molecular weight is 352 g/mol. The number of nitrogens with two attached hydrogens (primary N) is 1. The number of anilines is 1. The van der Waals surface area contributed by atoms with Crippen LogP contribution in [0.1, 0.15) is 5.56 Å². The second-order valence-corrected chi connectivity index (χ2v) is 4.52. The second-order valence-electron chi connectivity index (χ2n) is 4.14. The van der Waals surface area contributed by atoms with Gasteiger partial charge in [0.25, 0.3) is 0 Å². The molecular formula is C12H6ClF4N3O3. The fourth-order valence-corrected chi connectivity index (χ4v) is 1.87. The molecule has 2 aromatic rings. The lowest BCUT2D eigenvalue weighted by Crippen LogP contribution is -2.08. The molecule has 2 N–H and O–H groups in total. The first-order valence-corrected chi connectivity index (χ1v) is 6.12. The zero-order chi connectivity index (χ0) is 17.4. The molecular weight excluding hydrogens is 346 g/mol. The molecule has 0 aliphatic heterocycles. The van der Waals surface area contributed by atoms with Gasteiger partial charge in [0.05, 0.1) is 10.5 Å². The Bertz CT molecular complexity index is 783. The summed E-state index contributed by atoms with van der Waals surface area (Å²) in [4.78, 5) is 13.5. The summed E-state index contributed by atoms with van der Waals surface area (Å²) in [5, 5.41) is 9.95. The summed E-state index contributed by atoms with van der Waals surface area (Å²) in [5.41, 5.74) is 3.03. The van der Waals surface area contributed by atoms with E-state index in [1.807, 2.05) is 0 Å². The van der Waals surface area contributed by atoms with Crippen LogP contribution in [0.4, 0.5) is 29.1 Å². The summed E-state index contributed by atoms with van der Waals surface area (Å²) in [5.74, 6) is -3.20. The fourth-order valence-electron chi connectivity index (χ4n) is 1.67. The SMILES string of the molecule is Nc1nccc(Oc2ccc(C(F)(F)F)c(F)c2Cl)c1[N+](=O)[O-]. The highest BCUT2D eigenvalue weighted by molar-refractivity contribution is 6.32. The van der Waals surface area contributed by atoms with Crippen LogP contribution in [-0.4, -0.2) is 9.91 Å². The van der Waals surface area contributed by atoms with E-state index in [4.69, 9.17) is 22.1 Å². The topological polar surface area (TPSA) is 91.3 Å². The molecule has 2 rings (SSSR count). The molecule has 0 aliphatic carbocycles. The Hall–Kier alpha value is -2.62. The Kier molecular flexibility index (Phi) is 4.28. The summed E-state index contributed by atoms with van der Waals surface area (Å²) in [6, 6.07) is 2.20. The molecule has 0 amide bonds. The smallest absolute Gasteiger partial charge is 0.419 e. The van der Waals surface area contributed by atoms with Crippen molar-refractivity contribution in [2.45, 2.75) is 6.18 Å². The number of halogens is 5. The summed E-state index contributed by atoms with van der Waals surface area (Å²) >= 11 is 5.51. The number of alkyl halides is 3. The quantitative estimate of drug-likeness (QED) is 0.509. The van der Waals surface area contributed by atoms with Gasteiger partial charge in [-0.1, -0.05) is 11.6 Å². The molecule has 0 spiro atoms. The number of ether oxygens (including phenoxy) is 1. The number of hydrogen-bond donors (Lipinski definition) is 1. The molecule has 0 aliphatic rings. The average Bonchev–Trinajstić information content (AvgIpc) is 2.42. The van der Waals surface area contributed by atoms with Crippen molar-refractivity contribution in [2.24, 2.45) is 0 Å². The second kappa shape index (κ2) is 5.88. The lowest BCUT2D eigenvalue weighted by atomic mass is 10.2. The van der Waals surface area contributed by atoms with Crippen molar-refractivity contribution in [1.29, 1.82) is 0 Å². The van der Waals surface area contributed by atoms with Crippen LogP contribution in [0.2, 0.25) is 5.02 Å². The fraction of sp³-hybridized carbons (Fsp3) is 0.0833. The largest absolute Gasteiger partial charge is 0.448 e. The van der Waals surface area contributed by atoms with E-state index in [1.54, 1.807) is 0 Å². The van der Waals surface area contributed by atoms with Crippen LogP contribution < -0.4 is 10.5 Å². The maximum Gasteiger partial charge on any atom is 0.419 e. The first kappa shape index (κ1) is 16.7. The summed E-state index contributed by atoms with van der Waals surface area (Å²) < 4.78 is 56.4. The minimum Gasteiger partial charge on any atom is -0.448 e. The van der Waals surface area contributed by atoms with Crippen LogP contribution in [0.3, 0.4) is 0 Å². The number of nitrogen functional groups attached to an aromatic ring is 1. The van der Waals surface area contributed by atoms with Gasteiger partial charge >= 0.3 is 11.9 Å². The van der Waals surface area contributed by atoms with Crippen molar-refractivity contribution in [3.8, 4) is 11.5 Å². The first-order chi connectivity index (χ1) is 10.6. The van der Waals surface area contributed by atoms with E-state index in [-0.39, 0.29) is 0 Å². The van der Waals surface area contributed by atoms with Crippen LogP contribution in [-0.2, 0) is 6.18 Å². The standard InChI is InChI=1S/C12H6ClF4N3O3/c13-8-6(2-1-5(9(8)14)12(15,16)17)23-7-3-4-19-11(18)10(7)20(21)22/h1-4H,(H2,18,19). The zero-order valence-electron chi connectivity index (χ0n) is 10.9. The summed E-state index contributed by atoms with van der Waals surface area (Å²) in [7, 11) is 0. The van der Waals surface area contributed by atoms with Crippen molar-refractivity contribution in [1.82, 2.24) is 4.98 Å². The van der Waals surface area contributed by atoms with E-state index >= 15 is 0 Å². The molecule has 1 aromatic carbocycles. The Labute approximate surface area is 130 Å². The Morgan fingerprint density at radius 1 is 1.26 bits per heavy atom. The van der Waals surface area contributed by atoms with Crippen LogP contribution in [0.25, 0.3) is 0 Å². The maximum absolute atomic E-state index is 13.7. The molecule has 0 bridgehead atoms. The predicted molar refractivity (Wildman–Crippen MR) is 71.8 cm³/mol. The predicted octanol–water partition coefficient (Wildman–Crippen LogP) is 4.18. The van der Waals surface area contributed by atoms with Gasteiger partial charge < -0.3 is 10.5 Å². The Morgan fingerprint density at radius 3 is 2.48 bits per heavy atom. The van der Waals surface area contributed by atoms with Crippen molar-refractivity contribution in [3.63, 3.8) is 0 Å². The zero-order valence-corrected chi connectivity index (χ0v) is 11.7. The van der Waals surface area contributed by atoms with Gasteiger partial charge in [-0.25, -0.2) is 9.37 Å². The van der Waals surface area contributed by atoms with Crippen molar-refractivity contribution in [3.05, 3.63) is 50.9 Å². The van der Waals surface area contributed by atoms with Crippen molar-refractivity contribution in [2.75, 3.05) is 5.73 Å². The third-order valence-electron chi connectivity index (χ3n) is 2.67. The highest BCUT2D eigenvalue weighted by atomic mass is 35.5. The monoisotopic (exact) mass is 351 g/mol. The van der Waals surface area contributed by atoms with Gasteiger partial charge in [0, 0.05) is 12.3 Å². The van der Waals surface area contributed by atoms with Gasteiger partial charge in [-0.15, -0.1) is 0 Å². The summed E-state index contributed by atoms with van der Waals surface area (Å²) in [6.07, 6.45) is -3.87.